The minimum Gasteiger partial charge on any atom is -0.387 e. The number of fused-ring (bicyclic) bond motifs is 1. The number of aromatic nitrogens is 4. The zero-order valence-corrected chi connectivity index (χ0v) is 16.1. The van der Waals surface area contributed by atoms with Gasteiger partial charge in [0.05, 0.1) is 6.33 Å². The summed E-state index contributed by atoms with van der Waals surface area (Å²) in [6.45, 7) is 2.43. The van der Waals surface area contributed by atoms with Crippen molar-refractivity contribution in [1.29, 1.82) is 0 Å². The van der Waals surface area contributed by atoms with Crippen molar-refractivity contribution in [2.45, 2.75) is 38.0 Å². The van der Waals surface area contributed by atoms with Gasteiger partial charge in [0.1, 0.15) is 24.4 Å². The molecule has 3 aromatic rings. The number of rotatable bonds is 6. The molecule has 1 aliphatic rings. The molecule has 0 radical (unpaired) electrons. The van der Waals surface area contributed by atoms with Gasteiger partial charge in [-0.25, -0.2) is 19.3 Å². The summed E-state index contributed by atoms with van der Waals surface area (Å²) in [5, 5.41) is 26.3. The number of anilines is 1. The van der Waals surface area contributed by atoms with Crippen LogP contribution in [-0.4, -0.2) is 60.5 Å². The van der Waals surface area contributed by atoms with E-state index in [0.717, 1.165) is 5.56 Å². The van der Waals surface area contributed by atoms with Crippen LogP contribution in [-0.2, 0) is 16.1 Å². The van der Waals surface area contributed by atoms with Crippen LogP contribution in [0.4, 0.5) is 10.2 Å². The highest BCUT2D eigenvalue weighted by Gasteiger charge is 2.47. The van der Waals surface area contributed by atoms with Crippen LogP contribution in [0.3, 0.4) is 0 Å². The van der Waals surface area contributed by atoms with Crippen LogP contribution < -0.4 is 10.6 Å². The van der Waals surface area contributed by atoms with E-state index in [4.69, 9.17) is 4.74 Å². The molecule has 11 heteroatoms. The number of halogens is 1. The maximum absolute atomic E-state index is 13.4. The highest BCUT2D eigenvalue weighted by molar-refractivity contribution is 5.83. The van der Waals surface area contributed by atoms with Crippen molar-refractivity contribution in [3.05, 3.63) is 48.3 Å². The number of likely N-dealkylation sites (N-methyl/N-ethyl adjacent to an activating group) is 1. The third-order valence-corrected chi connectivity index (χ3v) is 4.83. The first-order valence-corrected chi connectivity index (χ1v) is 9.44. The Hall–Kier alpha value is -3.15. The molecule has 0 bridgehead atoms. The number of hydrogen-bond donors (Lipinski definition) is 4. The largest absolute Gasteiger partial charge is 0.387 e. The normalized spacial score (nSPS) is 23.6. The van der Waals surface area contributed by atoms with Gasteiger partial charge in [0, 0.05) is 13.1 Å². The fraction of sp³-hybridized carbons (Fsp3) is 0.368. The number of aliphatic hydroxyl groups excluding tert-OH is 2. The summed E-state index contributed by atoms with van der Waals surface area (Å²) in [7, 11) is 0. The number of hydrogen-bond acceptors (Lipinski definition) is 8. The molecule has 3 heterocycles. The van der Waals surface area contributed by atoms with Gasteiger partial charge in [-0.1, -0.05) is 12.1 Å². The van der Waals surface area contributed by atoms with Gasteiger partial charge in [-0.3, -0.25) is 9.36 Å². The predicted molar refractivity (Wildman–Crippen MR) is 104 cm³/mol. The van der Waals surface area contributed by atoms with E-state index >= 15 is 0 Å². The Balaban J connectivity index is 1.58. The van der Waals surface area contributed by atoms with Crippen molar-refractivity contribution >= 4 is 22.9 Å². The second-order valence-electron chi connectivity index (χ2n) is 6.85. The molecule has 1 fully saturated rings. The standard InChI is InChI=1S/C19H21FN6O4/c1-2-21-18(29)15-13(27)14(28)19(30-15)26-9-25-12-16(23-8-24-17(12)26)22-7-10-4-3-5-11(20)6-10/h3-6,8-9,13-15,19,27-28H,2,7H2,1H3,(H,21,29)(H,22,23,24)/t13-,14+,15-,19+/m0/s1. The number of aliphatic hydroxyl groups is 2. The molecule has 10 nitrogen and oxygen atoms in total. The lowest BCUT2D eigenvalue weighted by Crippen LogP contribution is -2.42. The van der Waals surface area contributed by atoms with Gasteiger partial charge in [-0.05, 0) is 24.6 Å². The minimum absolute atomic E-state index is 0.317. The summed E-state index contributed by atoms with van der Waals surface area (Å²) in [6.07, 6.45) is -2.31. The van der Waals surface area contributed by atoms with Gasteiger partial charge >= 0.3 is 0 Å². The first-order chi connectivity index (χ1) is 14.5. The molecule has 0 saturated carbocycles. The molecule has 2 aromatic heterocycles. The zero-order valence-electron chi connectivity index (χ0n) is 16.1. The van der Waals surface area contributed by atoms with E-state index in [2.05, 4.69) is 25.6 Å². The van der Waals surface area contributed by atoms with E-state index in [-0.39, 0.29) is 5.82 Å². The van der Waals surface area contributed by atoms with E-state index < -0.39 is 30.4 Å². The average Bonchev–Trinajstić information content (AvgIpc) is 3.28. The quantitative estimate of drug-likeness (QED) is 0.452. The lowest BCUT2D eigenvalue weighted by molar-refractivity contribution is -0.137. The number of carbonyl (C=O) groups excluding carboxylic acids is 1. The molecule has 0 aliphatic carbocycles. The van der Waals surface area contributed by atoms with E-state index in [9.17, 15) is 19.4 Å². The molecule has 4 atom stereocenters. The number of imidazole rings is 1. The molecule has 158 valence electrons. The van der Waals surface area contributed by atoms with Crippen molar-refractivity contribution < 1.29 is 24.1 Å². The van der Waals surface area contributed by atoms with E-state index in [1.54, 1.807) is 19.1 Å². The van der Waals surface area contributed by atoms with Crippen LogP contribution in [0.2, 0.25) is 0 Å². The van der Waals surface area contributed by atoms with Crippen LogP contribution in [0.25, 0.3) is 11.2 Å². The summed E-state index contributed by atoms with van der Waals surface area (Å²) >= 11 is 0. The number of carbonyl (C=O) groups is 1. The number of nitrogens with zero attached hydrogens (tertiary/aromatic N) is 4. The Morgan fingerprint density at radius 3 is 2.87 bits per heavy atom. The molecule has 0 spiro atoms. The lowest BCUT2D eigenvalue weighted by atomic mass is 10.1. The van der Waals surface area contributed by atoms with Crippen molar-refractivity contribution in [3.63, 3.8) is 0 Å². The summed E-state index contributed by atoms with van der Waals surface area (Å²) in [5.41, 5.74) is 1.48. The fourth-order valence-corrected chi connectivity index (χ4v) is 3.38. The molecule has 1 aliphatic heterocycles. The molecule has 4 N–H and O–H groups in total. The van der Waals surface area contributed by atoms with Crippen LogP contribution in [0, 0.1) is 5.82 Å². The second-order valence-corrected chi connectivity index (χ2v) is 6.85. The van der Waals surface area contributed by atoms with Gasteiger partial charge in [0.2, 0.25) is 0 Å². The molecule has 0 unspecified atom stereocenters. The molecule has 30 heavy (non-hydrogen) atoms. The minimum atomic E-state index is -1.40. The maximum atomic E-state index is 13.4. The number of ether oxygens (including phenoxy) is 1. The number of nitrogens with one attached hydrogen (secondary N) is 2. The molecular weight excluding hydrogens is 395 g/mol. The molecule has 1 aromatic carbocycles. The van der Waals surface area contributed by atoms with Gasteiger partial charge in [0.15, 0.2) is 29.3 Å². The Bertz CT molecular complexity index is 1060. The van der Waals surface area contributed by atoms with Gasteiger partial charge < -0.3 is 25.6 Å². The maximum Gasteiger partial charge on any atom is 0.252 e. The smallest absolute Gasteiger partial charge is 0.252 e. The Morgan fingerprint density at radius 2 is 2.10 bits per heavy atom. The first kappa shape index (κ1) is 20.1. The average molecular weight is 416 g/mol. The summed E-state index contributed by atoms with van der Waals surface area (Å²) in [4.78, 5) is 24.7. The van der Waals surface area contributed by atoms with Gasteiger partial charge in [-0.2, -0.15) is 0 Å². The topological polar surface area (TPSA) is 134 Å². The van der Waals surface area contributed by atoms with Crippen LogP contribution in [0.15, 0.2) is 36.9 Å². The Labute approximate surface area is 170 Å². The summed E-state index contributed by atoms with van der Waals surface area (Å²) in [5.74, 6) is -0.432. The number of amides is 1. The highest BCUT2D eigenvalue weighted by atomic mass is 19.1. The summed E-state index contributed by atoms with van der Waals surface area (Å²) in [6, 6.07) is 6.17. The van der Waals surface area contributed by atoms with Crippen molar-refractivity contribution in [2.75, 3.05) is 11.9 Å². The van der Waals surface area contributed by atoms with Crippen LogP contribution in [0.5, 0.6) is 0 Å². The Morgan fingerprint density at radius 1 is 1.27 bits per heavy atom. The first-order valence-electron chi connectivity index (χ1n) is 9.44. The third-order valence-electron chi connectivity index (χ3n) is 4.83. The molecular formula is C19H21FN6O4. The van der Waals surface area contributed by atoms with E-state index in [1.165, 1.54) is 29.4 Å². The SMILES string of the molecule is CCNC(=O)[C@H]1O[C@@H](n2cnc3c(NCc4cccc(F)c4)ncnc32)[C@H](O)[C@@H]1O. The van der Waals surface area contributed by atoms with Gasteiger partial charge in [0.25, 0.3) is 5.91 Å². The Kier molecular flexibility index (Phi) is 5.57. The monoisotopic (exact) mass is 416 g/mol. The van der Waals surface area contributed by atoms with Gasteiger partial charge in [-0.15, -0.1) is 0 Å². The third kappa shape index (κ3) is 3.70. The summed E-state index contributed by atoms with van der Waals surface area (Å²) < 4.78 is 20.4. The predicted octanol–water partition coefficient (Wildman–Crippen LogP) is 0.333. The number of benzene rings is 1. The van der Waals surface area contributed by atoms with E-state index in [0.29, 0.717) is 30.1 Å². The van der Waals surface area contributed by atoms with Crippen molar-refractivity contribution in [1.82, 2.24) is 24.8 Å². The van der Waals surface area contributed by atoms with Crippen LogP contribution in [0.1, 0.15) is 18.7 Å². The van der Waals surface area contributed by atoms with E-state index in [1.807, 2.05) is 0 Å². The molecule has 1 amide bonds. The lowest BCUT2D eigenvalue weighted by Gasteiger charge is -2.16. The molecule has 1 saturated heterocycles. The van der Waals surface area contributed by atoms with Crippen molar-refractivity contribution in [2.24, 2.45) is 0 Å². The molecule has 4 rings (SSSR count). The fourth-order valence-electron chi connectivity index (χ4n) is 3.38. The van der Waals surface area contributed by atoms with Crippen molar-refractivity contribution in [3.8, 4) is 0 Å². The zero-order chi connectivity index (χ0) is 21.3. The highest BCUT2D eigenvalue weighted by Crippen LogP contribution is 2.32. The van der Waals surface area contributed by atoms with Crippen LogP contribution >= 0.6 is 0 Å². The second kappa shape index (κ2) is 8.30.